The minimum Gasteiger partial charge on any atom is -0.491 e. The lowest BCUT2D eigenvalue weighted by molar-refractivity contribution is 0.0445. The number of benzene rings is 1. The summed E-state index contributed by atoms with van der Waals surface area (Å²) in [5, 5.41) is 12.9. The van der Waals surface area contributed by atoms with E-state index in [9.17, 15) is 5.11 Å². The van der Waals surface area contributed by atoms with Gasteiger partial charge in [0.1, 0.15) is 5.75 Å². The minimum atomic E-state index is 0.153. The highest BCUT2D eigenvalue weighted by atomic mass is 16.5. The van der Waals surface area contributed by atoms with Crippen molar-refractivity contribution in [3.05, 3.63) is 29.8 Å². The van der Waals surface area contributed by atoms with Crippen LogP contribution < -0.4 is 10.1 Å². The number of ether oxygens (including phenoxy) is 1. The number of nitrogens with one attached hydrogen (secondary N) is 1. The molecule has 0 radical (unpaired) electrons. The molecule has 106 valence electrons. The lowest BCUT2D eigenvalue weighted by atomic mass is 9.69. The first-order valence-corrected chi connectivity index (χ1v) is 7.21. The van der Waals surface area contributed by atoms with Crippen LogP contribution in [0.4, 0.5) is 0 Å². The molecule has 1 aromatic carbocycles. The molecule has 0 atom stereocenters. The maximum Gasteiger partial charge on any atom is 0.119 e. The summed E-state index contributed by atoms with van der Waals surface area (Å²) in [6, 6.07) is 8.22. The Morgan fingerprint density at radius 2 is 1.95 bits per heavy atom. The number of hydrogen-bond donors (Lipinski definition) is 2. The van der Waals surface area contributed by atoms with Crippen LogP contribution in [0, 0.1) is 5.41 Å². The molecule has 0 unspecified atom stereocenters. The first kappa shape index (κ1) is 14.4. The maximum atomic E-state index is 9.40. The third-order valence-electron chi connectivity index (χ3n) is 3.87. The molecule has 19 heavy (non-hydrogen) atoms. The zero-order valence-corrected chi connectivity index (χ0v) is 12.0. The van der Waals surface area contributed by atoms with Crippen LogP contribution in [-0.4, -0.2) is 24.4 Å². The predicted octanol–water partition coefficient (Wildman–Crippen LogP) is 2.73. The molecular formula is C16H25NO2. The molecule has 1 saturated carbocycles. The molecule has 1 aliphatic rings. The van der Waals surface area contributed by atoms with Crippen LogP contribution >= 0.6 is 0 Å². The molecule has 1 fully saturated rings. The number of aliphatic hydroxyl groups excluding tert-OH is 1. The quantitative estimate of drug-likeness (QED) is 0.795. The van der Waals surface area contributed by atoms with E-state index in [1.165, 1.54) is 12.0 Å². The molecule has 3 nitrogen and oxygen atoms in total. The van der Waals surface area contributed by atoms with Gasteiger partial charge in [0, 0.05) is 25.1 Å². The Morgan fingerprint density at radius 3 is 2.42 bits per heavy atom. The van der Waals surface area contributed by atoms with Crippen molar-refractivity contribution >= 4 is 0 Å². The Balaban J connectivity index is 1.76. The van der Waals surface area contributed by atoms with Crippen molar-refractivity contribution in [2.75, 3.05) is 13.2 Å². The summed E-state index contributed by atoms with van der Waals surface area (Å²) in [6.07, 6.45) is 3.77. The van der Waals surface area contributed by atoms with Crippen LogP contribution in [0.15, 0.2) is 24.3 Å². The maximum absolute atomic E-state index is 9.40. The average molecular weight is 263 g/mol. The third kappa shape index (κ3) is 3.95. The van der Waals surface area contributed by atoms with E-state index in [1.54, 1.807) is 0 Å². The summed E-state index contributed by atoms with van der Waals surface area (Å²) >= 11 is 0. The van der Waals surface area contributed by atoms with Gasteiger partial charge in [-0.2, -0.15) is 0 Å². The number of aliphatic hydroxyl groups is 1. The van der Waals surface area contributed by atoms with Gasteiger partial charge in [-0.15, -0.1) is 0 Å². The van der Waals surface area contributed by atoms with E-state index in [1.807, 2.05) is 26.0 Å². The Bertz CT molecular complexity index is 377. The zero-order chi connectivity index (χ0) is 13.7. The van der Waals surface area contributed by atoms with Gasteiger partial charge in [0.15, 0.2) is 0 Å². The molecule has 0 saturated heterocycles. The van der Waals surface area contributed by atoms with Crippen molar-refractivity contribution in [1.82, 2.24) is 5.32 Å². The van der Waals surface area contributed by atoms with Crippen LogP contribution in [-0.2, 0) is 6.54 Å². The van der Waals surface area contributed by atoms with Gasteiger partial charge in [-0.25, -0.2) is 0 Å². The SMILES string of the molecule is CC(C)Oc1ccc(CNCC2(CO)CCC2)cc1. The summed E-state index contributed by atoms with van der Waals surface area (Å²) in [5.41, 5.74) is 1.41. The molecule has 1 aliphatic carbocycles. The topological polar surface area (TPSA) is 41.5 Å². The zero-order valence-electron chi connectivity index (χ0n) is 12.0. The molecule has 2 N–H and O–H groups in total. The molecular weight excluding hydrogens is 238 g/mol. The fourth-order valence-corrected chi connectivity index (χ4v) is 2.50. The fraction of sp³-hybridized carbons (Fsp3) is 0.625. The molecule has 2 rings (SSSR count). The Kier molecular flexibility index (Phi) is 4.83. The van der Waals surface area contributed by atoms with Crippen molar-refractivity contribution < 1.29 is 9.84 Å². The van der Waals surface area contributed by atoms with E-state index in [0.29, 0.717) is 6.61 Å². The van der Waals surface area contributed by atoms with Gasteiger partial charge in [-0.1, -0.05) is 18.6 Å². The number of hydrogen-bond acceptors (Lipinski definition) is 3. The summed E-state index contributed by atoms with van der Waals surface area (Å²) < 4.78 is 5.62. The van der Waals surface area contributed by atoms with Gasteiger partial charge in [-0.05, 0) is 44.4 Å². The van der Waals surface area contributed by atoms with E-state index in [4.69, 9.17) is 4.74 Å². The van der Waals surface area contributed by atoms with E-state index in [0.717, 1.165) is 31.7 Å². The smallest absolute Gasteiger partial charge is 0.119 e. The van der Waals surface area contributed by atoms with Gasteiger partial charge in [0.2, 0.25) is 0 Å². The molecule has 0 spiro atoms. The second-order valence-electron chi connectivity index (χ2n) is 5.93. The molecule has 0 bridgehead atoms. The van der Waals surface area contributed by atoms with Crippen molar-refractivity contribution in [1.29, 1.82) is 0 Å². The van der Waals surface area contributed by atoms with E-state index < -0.39 is 0 Å². The lowest BCUT2D eigenvalue weighted by Crippen LogP contribution is -2.42. The van der Waals surface area contributed by atoms with E-state index in [2.05, 4.69) is 17.4 Å². The van der Waals surface area contributed by atoms with Gasteiger partial charge in [0.05, 0.1) is 6.10 Å². The first-order valence-electron chi connectivity index (χ1n) is 7.21. The molecule has 1 aromatic rings. The van der Waals surface area contributed by atoms with Crippen LogP contribution in [0.25, 0.3) is 0 Å². The summed E-state index contributed by atoms with van der Waals surface area (Å²) in [6.45, 7) is 6.13. The monoisotopic (exact) mass is 263 g/mol. The highest BCUT2D eigenvalue weighted by Gasteiger charge is 2.35. The molecule has 0 heterocycles. The highest BCUT2D eigenvalue weighted by molar-refractivity contribution is 5.27. The van der Waals surface area contributed by atoms with Crippen LogP contribution in [0.5, 0.6) is 5.75 Å². The Morgan fingerprint density at radius 1 is 1.26 bits per heavy atom. The highest BCUT2D eigenvalue weighted by Crippen LogP contribution is 2.39. The summed E-state index contributed by atoms with van der Waals surface area (Å²) in [7, 11) is 0. The lowest BCUT2D eigenvalue weighted by Gasteiger charge is -2.40. The third-order valence-corrected chi connectivity index (χ3v) is 3.87. The van der Waals surface area contributed by atoms with Crippen LogP contribution in [0.1, 0.15) is 38.7 Å². The van der Waals surface area contributed by atoms with E-state index in [-0.39, 0.29) is 11.5 Å². The largest absolute Gasteiger partial charge is 0.491 e. The molecule has 0 aliphatic heterocycles. The van der Waals surface area contributed by atoms with Crippen molar-refractivity contribution in [2.45, 2.75) is 45.8 Å². The van der Waals surface area contributed by atoms with E-state index >= 15 is 0 Å². The van der Waals surface area contributed by atoms with Crippen LogP contribution in [0.2, 0.25) is 0 Å². The first-order chi connectivity index (χ1) is 9.13. The van der Waals surface area contributed by atoms with Gasteiger partial charge < -0.3 is 15.2 Å². The second-order valence-corrected chi connectivity index (χ2v) is 5.93. The molecule has 0 aromatic heterocycles. The summed E-state index contributed by atoms with van der Waals surface area (Å²) in [5.74, 6) is 0.921. The predicted molar refractivity (Wildman–Crippen MR) is 77.3 cm³/mol. The normalized spacial score (nSPS) is 17.3. The fourth-order valence-electron chi connectivity index (χ4n) is 2.50. The van der Waals surface area contributed by atoms with Crippen molar-refractivity contribution in [2.24, 2.45) is 5.41 Å². The average Bonchev–Trinajstić information content (AvgIpc) is 2.34. The second kappa shape index (κ2) is 6.40. The minimum absolute atomic E-state index is 0.153. The standard InChI is InChI=1S/C16H25NO2/c1-13(2)19-15-6-4-14(5-7-15)10-17-11-16(12-18)8-3-9-16/h4-7,13,17-18H,3,8-12H2,1-2H3. The van der Waals surface area contributed by atoms with Gasteiger partial charge in [-0.3, -0.25) is 0 Å². The Hall–Kier alpha value is -1.06. The molecule has 3 heteroatoms. The van der Waals surface area contributed by atoms with Crippen LogP contribution in [0.3, 0.4) is 0 Å². The number of rotatable bonds is 7. The molecule has 0 amide bonds. The van der Waals surface area contributed by atoms with Crippen molar-refractivity contribution in [3.63, 3.8) is 0 Å². The summed E-state index contributed by atoms with van der Waals surface area (Å²) in [4.78, 5) is 0. The Labute approximate surface area is 116 Å². The van der Waals surface area contributed by atoms with Crippen molar-refractivity contribution in [3.8, 4) is 5.75 Å². The van der Waals surface area contributed by atoms with Gasteiger partial charge in [0.25, 0.3) is 0 Å². The van der Waals surface area contributed by atoms with Gasteiger partial charge >= 0.3 is 0 Å².